The third kappa shape index (κ3) is 3.93. The fraction of sp³-hybridized carbons (Fsp3) is 0.308. The van der Waals surface area contributed by atoms with E-state index in [-0.39, 0.29) is 5.91 Å². The molecule has 158 valence electrons. The Hall–Kier alpha value is -3.18. The Balaban J connectivity index is 1.43. The molecule has 5 heteroatoms. The number of imidazole rings is 1. The van der Waals surface area contributed by atoms with Gasteiger partial charge in [0.1, 0.15) is 5.65 Å². The van der Waals surface area contributed by atoms with Gasteiger partial charge in [-0.25, -0.2) is 4.98 Å². The van der Waals surface area contributed by atoms with Crippen molar-refractivity contribution < 1.29 is 4.79 Å². The number of likely N-dealkylation sites (tertiary alicyclic amines) is 1. The molecule has 5 rings (SSSR count). The number of allylic oxidation sites excluding steroid dienone is 7. The highest BCUT2D eigenvalue weighted by atomic mass is 16.2. The maximum absolute atomic E-state index is 13.2. The van der Waals surface area contributed by atoms with Crippen molar-refractivity contribution in [2.24, 2.45) is 5.92 Å². The van der Waals surface area contributed by atoms with Crippen LogP contribution in [0.4, 0.5) is 0 Å². The summed E-state index contributed by atoms with van der Waals surface area (Å²) in [6, 6.07) is 4.02. The summed E-state index contributed by atoms with van der Waals surface area (Å²) in [6.07, 6.45) is 20.4. The number of carbonyl (C=O) groups excluding carboxylic acids is 1. The van der Waals surface area contributed by atoms with Crippen LogP contribution in [0.1, 0.15) is 31.0 Å². The highest BCUT2D eigenvalue weighted by molar-refractivity contribution is 5.99. The molecule has 0 spiro atoms. The molecule has 0 N–H and O–H groups in total. The number of aryl methyl sites for hydroxylation is 1. The second-order valence-electron chi connectivity index (χ2n) is 8.50. The van der Waals surface area contributed by atoms with E-state index in [0.717, 1.165) is 60.7 Å². The van der Waals surface area contributed by atoms with E-state index in [9.17, 15) is 4.79 Å². The van der Waals surface area contributed by atoms with Gasteiger partial charge in [-0.05, 0) is 86.3 Å². The minimum Gasteiger partial charge on any atom is -0.306 e. The van der Waals surface area contributed by atoms with Gasteiger partial charge >= 0.3 is 0 Å². The maximum atomic E-state index is 13.2. The number of pyridine rings is 1. The molecule has 0 atom stereocenters. The summed E-state index contributed by atoms with van der Waals surface area (Å²) >= 11 is 0. The first-order valence-corrected chi connectivity index (χ1v) is 11.1. The number of hydrogen-bond donors (Lipinski definition) is 0. The number of fused-ring (bicyclic) bond motifs is 2. The van der Waals surface area contributed by atoms with Crippen molar-refractivity contribution in [3.8, 4) is 0 Å². The van der Waals surface area contributed by atoms with Gasteiger partial charge in [0.05, 0.1) is 5.69 Å². The summed E-state index contributed by atoms with van der Waals surface area (Å²) in [7, 11) is 0. The Morgan fingerprint density at radius 3 is 2.74 bits per heavy atom. The first-order valence-electron chi connectivity index (χ1n) is 11.1. The van der Waals surface area contributed by atoms with Gasteiger partial charge in [-0.3, -0.25) is 9.69 Å². The van der Waals surface area contributed by atoms with E-state index in [1.807, 2.05) is 54.1 Å². The van der Waals surface area contributed by atoms with Crippen LogP contribution < -0.4 is 0 Å². The molecule has 3 aliphatic rings. The molecule has 0 aliphatic carbocycles. The normalized spacial score (nSPS) is 24.6. The first-order chi connectivity index (χ1) is 15.1. The predicted molar refractivity (Wildman–Crippen MR) is 124 cm³/mol. The smallest absolute Gasteiger partial charge is 0.255 e. The average Bonchev–Trinajstić information content (AvgIpc) is 3.16. The molecule has 5 heterocycles. The monoisotopic (exact) mass is 412 g/mol. The molecular formula is C26H28N4O. The lowest BCUT2D eigenvalue weighted by molar-refractivity contribution is -0.122. The summed E-state index contributed by atoms with van der Waals surface area (Å²) in [6.45, 7) is 7.58. The molecule has 1 amide bonds. The standard InChI is InChI=1S/C26H28N4O/c1-3-28-13-11-20(12-14-28)23-7-9-24-6-4-5-21(15-26(31)30(24)18-23)22-8-10-25-27-19(2)16-29(25)17-22/h4-10,15-18,20H,3,11-14H2,1-2H3/b5-4+,21-15+,24-6+. The van der Waals surface area contributed by atoms with Crippen molar-refractivity contribution in [2.75, 3.05) is 19.6 Å². The molecule has 0 radical (unpaired) electrons. The van der Waals surface area contributed by atoms with E-state index in [0.29, 0.717) is 5.92 Å². The van der Waals surface area contributed by atoms with Crippen LogP contribution in [0.5, 0.6) is 0 Å². The first kappa shape index (κ1) is 19.8. The summed E-state index contributed by atoms with van der Waals surface area (Å²) in [5, 5.41) is 0. The van der Waals surface area contributed by atoms with E-state index in [4.69, 9.17) is 0 Å². The predicted octanol–water partition coefficient (Wildman–Crippen LogP) is 4.49. The Bertz CT molecular complexity index is 1170. The van der Waals surface area contributed by atoms with Crippen LogP contribution in [0.3, 0.4) is 0 Å². The number of carbonyl (C=O) groups is 1. The van der Waals surface area contributed by atoms with Crippen molar-refractivity contribution >= 4 is 17.1 Å². The summed E-state index contributed by atoms with van der Waals surface area (Å²) in [5.74, 6) is 0.505. The van der Waals surface area contributed by atoms with Crippen molar-refractivity contribution in [3.05, 3.63) is 89.7 Å². The minimum atomic E-state index is -0.0136. The molecule has 31 heavy (non-hydrogen) atoms. The largest absolute Gasteiger partial charge is 0.306 e. The van der Waals surface area contributed by atoms with Gasteiger partial charge < -0.3 is 9.30 Å². The number of nitrogens with zero attached hydrogens (tertiary/aromatic N) is 4. The second-order valence-corrected chi connectivity index (χ2v) is 8.50. The minimum absolute atomic E-state index is 0.0136. The lowest BCUT2D eigenvalue weighted by Gasteiger charge is -2.33. The number of piperidine rings is 1. The second kappa shape index (κ2) is 8.16. The zero-order valence-corrected chi connectivity index (χ0v) is 18.2. The van der Waals surface area contributed by atoms with Crippen LogP contribution in [0.25, 0.3) is 11.2 Å². The molecule has 0 unspecified atom stereocenters. The zero-order chi connectivity index (χ0) is 21.4. The van der Waals surface area contributed by atoms with Crippen molar-refractivity contribution in [2.45, 2.75) is 26.7 Å². The third-order valence-corrected chi connectivity index (χ3v) is 6.47. The number of rotatable bonds is 3. The van der Waals surface area contributed by atoms with Crippen LogP contribution in [-0.4, -0.2) is 44.7 Å². The van der Waals surface area contributed by atoms with E-state index in [1.54, 1.807) is 11.0 Å². The van der Waals surface area contributed by atoms with Crippen LogP contribution in [0.15, 0.2) is 78.5 Å². The van der Waals surface area contributed by atoms with Crippen LogP contribution in [0.2, 0.25) is 0 Å². The molecule has 0 aromatic carbocycles. The highest BCUT2D eigenvalue weighted by Gasteiger charge is 2.25. The topological polar surface area (TPSA) is 40.8 Å². The van der Waals surface area contributed by atoms with E-state index < -0.39 is 0 Å². The lowest BCUT2D eigenvalue weighted by atomic mass is 9.88. The third-order valence-electron chi connectivity index (χ3n) is 6.47. The Morgan fingerprint density at radius 2 is 1.94 bits per heavy atom. The quantitative estimate of drug-likeness (QED) is 0.746. The SMILES string of the molecule is CCN1CCC(C2=CN3C(=O)\C=C(c4ccc5nc(C)cn5c4)/C=C/C=C/3C=C2)CC1. The molecule has 0 saturated carbocycles. The highest BCUT2D eigenvalue weighted by Crippen LogP contribution is 2.31. The van der Waals surface area contributed by atoms with Gasteiger partial charge in [-0.2, -0.15) is 0 Å². The van der Waals surface area contributed by atoms with Gasteiger partial charge in [0.15, 0.2) is 0 Å². The van der Waals surface area contributed by atoms with Crippen molar-refractivity contribution in [1.82, 2.24) is 19.2 Å². The average molecular weight is 413 g/mol. The summed E-state index contributed by atoms with van der Waals surface area (Å²) in [5.41, 5.74) is 5.95. The fourth-order valence-electron chi connectivity index (χ4n) is 4.65. The Kier molecular flexibility index (Phi) is 5.20. The van der Waals surface area contributed by atoms with Gasteiger partial charge in [0.25, 0.3) is 5.91 Å². The van der Waals surface area contributed by atoms with Crippen molar-refractivity contribution in [3.63, 3.8) is 0 Å². The molecular weight excluding hydrogens is 384 g/mol. The van der Waals surface area contributed by atoms with Crippen LogP contribution >= 0.6 is 0 Å². The van der Waals surface area contributed by atoms with E-state index >= 15 is 0 Å². The Labute approximate surface area is 183 Å². The van der Waals surface area contributed by atoms with Gasteiger partial charge in [0.2, 0.25) is 0 Å². The molecule has 2 aromatic heterocycles. The number of amides is 1. The van der Waals surface area contributed by atoms with E-state index in [1.165, 1.54) is 5.57 Å². The zero-order valence-electron chi connectivity index (χ0n) is 18.2. The number of hydrogen-bond acceptors (Lipinski definition) is 3. The summed E-state index contributed by atoms with van der Waals surface area (Å²) < 4.78 is 2.01. The molecule has 1 saturated heterocycles. The lowest BCUT2D eigenvalue weighted by Crippen LogP contribution is -2.35. The summed E-state index contributed by atoms with van der Waals surface area (Å²) in [4.78, 5) is 22.0. The number of aromatic nitrogens is 2. The van der Waals surface area contributed by atoms with Gasteiger partial charge in [0, 0.05) is 30.4 Å². The van der Waals surface area contributed by atoms with Gasteiger partial charge in [-0.15, -0.1) is 0 Å². The van der Waals surface area contributed by atoms with Crippen LogP contribution in [0, 0.1) is 12.8 Å². The van der Waals surface area contributed by atoms with Crippen LogP contribution in [-0.2, 0) is 4.79 Å². The van der Waals surface area contributed by atoms with E-state index in [2.05, 4.69) is 35.2 Å². The molecule has 3 aliphatic heterocycles. The van der Waals surface area contributed by atoms with Crippen molar-refractivity contribution in [1.29, 1.82) is 0 Å². The molecule has 0 bridgehead atoms. The van der Waals surface area contributed by atoms with Gasteiger partial charge in [-0.1, -0.05) is 25.2 Å². The molecule has 1 fully saturated rings. The maximum Gasteiger partial charge on any atom is 0.255 e. The Morgan fingerprint density at radius 1 is 1.10 bits per heavy atom. The molecule has 5 nitrogen and oxygen atoms in total. The molecule has 2 aromatic rings. The fourth-order valence-corrected chi connectivity index (χ4v) is 4.65.